The molecule has 120 valence electrons. The molecule has 1 N–H and O–H groups in total. The van der Waals surface area contributed by atoms with E-state index in [4.69, 9.17) is 9.47 Å². The molecule has 2 saturated heterocycles. The summed E-state index contributed by atoms with van der Waals surface area (Å²) in [6.45, 7) is 6.70. The Morgan fingerprint density at radius 2 is 2.23 bits per heavy atom. The van der Waals surface area contributed by atoms with Crippen LogP contribution in [0.1, 0.15) is 29.3 Å². The normalized spacial score (nSPS) is 28.2. The minimum Gasteiger partial charge on any atom is -0.496 e. The van der Waals surface area contributed by atoms with E-state index in [2.05, 4.69) is 17.1 Å². The zero-order valence-corrected chi connectivity index (χ0v) is 13.5. The van der Waals surface area contributed by atoms with Crippen LogP contribution in [-0.2, 0) is 4.74 Å². The fourth-order valence-electron chi connectivity index (χ4n) is 3.37. The average Bonchev–Trinajstić information content (AvgIpc) is 2.88. The van der Waals surface area contributed by atoms with E-state index < -0.39 is 0 Å². The van der Waals surface area contributed by atoms with Crippen molar-refractivity contribution in [2.75, 3.05) is 26.8 Å². The maximum atomic E-state index is 12.4. The number of methoxy groups -OCH3 is 1. The number of rotatable bonds is 3. The molecule has 0 aliphatic carbocycles. The SMILES string of the molecule is COc1cc(C(=O)N[C@@H]2C[C@H]3CO[C@@H](C)CN3C2)ccc1C. The Kier molecular flexibility index (Phi) is 4.36. The van der Waals surface area contributed by atoms with Gasteiger partial charge in [-0.3, -0.25) is 9.69 Å². The van der Waals surface area contributed by atoms with Gasteiger partial charge in [-0.1, -0.05) is 6.07 Å². The van der Waals surface area contributed by atoms with Crippen LogP contribution in [0.4, 0.5) is 0 Å². The predicted molar refractivity (Wildman–Crippen MR) is 84.4 cm³/mol. The first-order valence-corrected chi connectivity index (χ1v) is 7.88. The lowest BCUT2D eigenvalue weighted by atomic mass is 10.1. The molecule has 1 aromatic carbocycles. The number of hydrogen-bond acceptors (Lipinski definition) is 4. The smallest absolute Gasteiger partial charge is 0.251 e. The zero-order chi connectivity index (χ0) is 15.7. The monoisotopic (exact) mass is 304 g/mol. The van der Waals surface area contributed by atoms with Crippen LogP contribution >= 0.6 is 0 Å². The highest BCUT2D eigenvalue weighted by Crippen LogP contribution is 2.24. The standard InChI is InChI=1S/C17H24N2O3/c1-11-4-5-13(6-16(11)21-3)17(20)18-14-7-15-10-22-12(2)8-19(15)9-14/h4-6,12,14-15H,7-10H2,1-3H3,(H,18,20)/t12-,14+,15-/m0/s1. The van der Waals surface area contributed by atoms with Crippen molar-refractivity contribution < 1.29 is 14.3 Å². The molecule has 0 aromatic heterocycles. The van der Waals surface area contributed by atoms with Crippen molar-refractivity contribution in [3.63, 3.8) is 0 Å². The number of carbonyl (C=O) groups is 1. The van der Waals surface area contributed by atoms with Gasteiger partial charge in [-0.05, 0) is 38.0 Å². The van der Waals surface area contributed by atoms with Crippen molar-refractivity contribution in [2.24, 2.45) is 0 Å². The van der Waals surface area contributed by atoms with Crippen LogP contribution in [0.3, 0.4) is 0 Å². The van der Waals surface area contributed by atoms with Gasteiger partial charge in [0, 0.05) is 30.7 Å². The van der Waals surface area contributed by atoms with Crippen LogP contribution in [-0.4, -0.2) is 55.8 Å². The van der Waals surface area contributed by atoms with Crippen LogP contribution in [0.15, 0.2) is 18.2 Å². The van der Waals surface area contributed by atoms with Crippen molar-refractivity contribution in [1.82, 2.24) is 10.2 Å². The van der Waals surface area contributed by atoms with Crippen molar-refractivity contribution >= 4 is 5.91 Å². The Bertz CT molecular complexity index is 561. The van der Waals surface area contributed by atoms with Crippen LogP contribution in [0.5, 0.6) is 5.75 Å². The second kappa shape index (κ2) is 6.26. The highest BCUT2D eigenvalue weighted by atomic mass is 16.5. The molecular formula is C17H24N2O3. The van der Waals surface area contributed by atoms with E-state index in [1.165, 1.54) is 0 Å². The van der Waals surface area contributed by atoms with Gasteiger partial charge in [0.1, 0.15) is 5.75 Å². The van der Waals surface area contributed by atoms with Gasteiger partial charge < -0.3 is 14.8 Å². The van der Waals surface area contributed by atoms with E-state index in [0.717, 1.165) is 37.4 Å². The Labute approximate surface area is 131 Å². The molecule has 0 unspecified atom stereocenters. The number of ether oxygens (including phenoxy) is 2. The van der Waals surface area contributed by atoms with Gasteiger partial charge in [0.05, 0.1) is 19.8 Å². The number of aryl methyl sites for hydroxylation is 1. The summed E-state index contributed by atoms with van der Waals surface area (Å²) in [4.78, 5) is 14.9. The number of carbonyl (C=O) groups excluding carboxylic acids is 1. The van der Waals surface area contributed by atoms with E-state index in [9.17, 15) is 4.79 Å². The van der Waals surface area contributed by atoms with E-state index in [-0.39, 0.29) is 18.1 Å². The third-order valence-corrected chi connectivity index (χ3v) is 4.60. The van der Waals surface area contributed by atoms with E-state index in [1.54, 1.807) is 13.2 Å². The lowest BCUT2D eigenvalue weighted by Crippen LogP contribution is -2.45. The number of benzene rings is 1. The summed E-state index contributed by atoms with van der Waals surface area (Å²) in [5.74, 6) is 0.718. The largest absolute Gasteiger partial charge is 0.496 e. The molecule has 1 amide bonds. The summed E-state index contributed by atoms with van der Waals surface area (Å²) in [5, 5.41) is 3.15. The van der Waals surface area contributed by atoms with Crippen LogP contribution in [0.25, 0.3) is 0 Å². The molecule has 0 spiro atoms. The molecule has 2 heterocycles. The zero-order valence-electron chi connectivity index (χ0n) is 13.5. The average molecular weight is 304 g/mol. The fraction of sp³-hybridized carbons (Fsp3) is 0.588. The van der Waals surface area contributed by atoms with Gasteiger partial charge in [-0.25, -0.2) is 0 Å². The molecule has 0 bridgehead atoms. The third-order valence-electron chi connectivity index (χ3n) is 4.60. The highest BCUT2D eigenvalue weighted by molar-refractivity contribution is 5.95. The Morgan fingerprint density at radius 3 is 3.00 bits per heavy atom. The van der Waals surface area contributed by atoms with Crippen LogP contribution in [0, 0.1) is 6.92 Å². The Morgan fingerprint density at radius 1 is 1.41 bits per heavy atom. The van der Waals surface area contributed by atoms with Gasteiger partial charge in [0.25, 0.3) is 5.91 Å². The maximum Gasteiger partial charge on any atom is 0.251 e. The first kappa shape index (κ1) is 15.3. The highest BCUT2D eigenvalue weighted by Gasteiger charge is 2.36. The number of hydrogen-bond donors (Lipinski definition) is 1. The van der Waals surface area contributed by atoms with Crippen molar-refractivity contribution in [3.8, 4) is 5.75 Å². The molecule has 0 saturated carbocycles. The van der Waals surface area contributed by atoms with E-state index in [1.807, 2.05) is 19.1 Å². The van der Waals surface area contributed by atoms with Gasteiger partial charge >= 0.3 is 0 Å². The molecule has 3 atom stereocenters. The Hall–Kier alpha value is -1.59. The first-order chi connectivity index (χ1) is 10.6. The molecule has 3 rings (SSSR count). The first-order valence-electron chi connectivity index (χ1n) is 7.88. The fourth-order valence-corrected chi connectivity index (χ4v) is 3.37. The molecule has 0 radical (unpaired) electrons. The van der Waals surface area contributed by atoms with Crippen molar-refractivity contribution in [3.05, 3.63) is 29.3 Å². The second-order valence-corrected chi connectivity index (χ2v) is 6.34. The third kappa shape index (κ3) is 3.10. The minimum absolute atomic E-state index is 0.0305. The molecule has 2 aliphatic rings. The van der Waals surface area contributed by atoms with Gasteiger partial charge in [-0.2, -0.15) is 0 Å². The summed E-state index contributed by atoms with van der Waals surface area (Å²) >= 11 is 0. The number of amides is 1. The summed E-state index contributed by atoms with van der Waals surface area (Å²) in [7, 11) is 1.63. The Balaban J connectivity index is 1.63. The quantitative estimate of drug-likeness (QED) is 0.921. The van der Waals surface area contributed by atoms with E-state index in [0.29, 0.717) is 11.6 Å². The molecule has 5 heteroatoms. The summed E-state index contributed by atoms with van der Waals surface area (Å²) < 4.78 is 11.0. The lowest BCUT2D eigenvalue weighted by molar-refractivity contribution is -0.0390. The predicted octanol–water partition coefficient (Wildman–Crippen LogP) is 1.60. The molecule has 1 aromatic rings. The topological polar surface area (TPSA) is 50.8 Å². The molecule has 22 heavy (non-hydrogen) atoms. The molecule has 5 nitrogen and oxygen atoms in total. The number of nitrogens with zero attached hydrogens (tertiary/aromatic N) is 1. The minimum atomic E-state index is -0.0305. The van der Waals surface area contributed by atoms with Gasteiger partial charge in [0.15, 0.2) is 0 Å². The van der Waals surface area contributed by atoms with Crippen molar-refractivity contribution in [2.45, 2.75) is 38.5 Å². The maximum absolute atomic E-state index is 12.4. The number of nitrogens with one attached hydrogen (secondary N) is 1. The lowest BCUT2D eigenvalue weighted by Gasteiger charge is -2.33. The summed E-state index contributed by atoms with van der Waals surface area (Å²) in [6.07, 6.45) is 1.24. The van der Waals surface area contributed by atoms with Gasteiger partial charge in [0.2, 0.25) is 0 Å². The molecule has 2 aliphatic heterocycles. The summed E-state index contributed by atoms with van der Waals surface area (Å²) in [5.41, 5.74) is 1.68. The van der Waals surface area contributed by atoms with E-state index >= 15 is 0 Å². The van der Waals surface area contributed by atoms with Crippen molar-refractivity contribution in [1.29, 1.82) is 0 Å². The van der Waals surface area contributed by atoms with Gasteiger partial charge in [-0.15, -0.1) is 0 Å². The summed E-state index contributed by atoms with van der Waals surface area (Å²) in [6, 6.07) is 6.20. The van der Waals surface area contributed by atoms with Crippen LogP contribution < -0.4 is 10.1 Å². The molecular weight excluding hydrogens is 280 g/mol. The number of fused-ring (bicyclic) bond motifs is 1. The number of morpholine rings is 1. The van der Waals surface area contributed by atoms with Crippen LogP contribution in [0.2, 0.25) is 0 Å². The second-order valence-electron chi connectivity index (χ2n) is 6.34. The molecule has 2 fully saturated rings.